The van der Waals surface area contributed by atoms with Gasteiger partial charge in [-0.05, 0) is 76.0 Å². The molecule has 138 valence electrons. The van der Waals surface area contributed by atoms with Crippen molar-refractivity contribution in [2.75, 3.05) is 25.5 Å². The van der Waals surface area contributed by atoms with Gasteiger partial charge >= 0.3 is 0 Å². The number of nitrogens with zero attached hydrogens (tertiary/aromatic N) is 2. The molecule has 0 spiro atoms. The van der Waals surface area contributed by atoms with Crippen molar-refractivity contribution in [2.45, 2.75) is 70.9 Å². The number of nitrogens with one attached hydrogen (secondary N) is 1. The minimum atomic E-state index is 0.725. The van der Waals surface area contributed by atoms with Crippen molar-refractivity contribution in [3.8, 4) is 0 Å². The minimum absolute atomic E-state index is 0.725. The fourth-order valence-electron chi connectivity index (χ4n) is 4.34. The molecule has 1 aliphatic heterocycles. The fourth-order valence-corrected chi connectivity index (χ4v) is 4.64. The third-order valence-corrected chi connectivity index (χ3v) is 6.68. The lowest BCUT2D eigenvalue weighted by atomic mass is 9.92. The van der Waals surface area contributed by atoms with E-state index in [1.807, 2.05) is 0 Å². The molecule has 4 heteroatoms. The maximum atomic E-state index is 5.69. The smallest absolute Gasteiger partial charge is 0.173 e. The number of rotatable bonds is 3. The zero-order valence-corrected chi connectivity index (χ0v) is 16.9. The highest BCUT2D eigenvalue weighted by molar-refractivity contribution is 7.80. The Morgan fingerprint density at radius 2 is 1.68 bits per heavy atom. The second-order valence-corrected chi connectivity index (χ2v) is 8.24. The number of aryl methyl sites for hydroxylation is 1. The SMILES string of the molecule is Cc1cccc(NC(=S)N2CCC(N(C)C3CCCCC3)CC2)c1C. The van der Waals surface area contributed by atoms with E-state index in [2.05, 4.69) is 54.2 Å². The largest absolute Gasteiger partial charge is 0.349 e. The molecule has 1 aliphatic carbocycles. The quantitative estimate of drug-likeness (QED) is 0.786. The van der Waals surface area contributed by atoms with Gasteiger partial charge in [0, 0.05) is 30.9 Å². The Labute approximate surface area is 158 Å². The molecule has 1 saturated carbocycles. The molecule has 0 unspecified atom stereocenters. The highest BCUT2D eigenvalue weighted by Crippen LogP contribution is 2.27. The highest BCUT2D eigenvalue weighted by Gasteiger charge is 2.28. The lowest BCUT2D eigenvalue weighted by Gasteiger charge is -2.42. The van der Waals surface area contributed by atoms with Gasteiger partial charge in [0.05, 0.1) is 0 Å². The number of likely N-dealkylation sites (tertiary alicyclic amines) is 1. The molecule has 0 aromatic heterocycles. The molecule has 2 aliphatic rings. The second-order valence-electron chi connectivity index (χ2n) is 7.85. The van der Waals surface area contributed by atoms with E-state index in [0.717, 1.165) is 36.0 Å². The third kappa shape index (κ3) is 4.53. The van der Waals surface area contributed by atoms with Crippen molar-refractivity contribution in [2.24, 2.45) is 0 Å². The van der Waals surface area contributed by atoms with Crippen LogP contribution in [-0.2, 0) is 0 Å². The first-order chi connectivity index (χ1) is 12.1. The van der Waals surface area contributed by atoms with Gasteiger partial charge in [-0.1, -0.05) is 31.4 Å². The molecule has 0 atom stereocenters. The molecule has 1 N–H and O–H groups in total. The Morgan fingerprint density at radius 1 is 1.04 bits per heavy atom. The van der Waals surface area contributed by atoms with E-state index in [0.29, 0.717) is 0 Å². The molecular formula is C21H33N3S. The summed E-state index contributed by atoms with van der Waals surface area (Å²) >= 11 is 5.69. The van der Waals surface area contributed by atoms with Gasteiger partial charge in [0.15, 0.2) is 5.11 Å². The van der Waals surface area contributed by atoms with E-state index in [1.165, 1.54) is 56.1 Å². The van der Waals surface area contributed by atoms with Crippen LogP contribution in [0.5, 0.6) is 0 Å². The molecule has 1 heterocycles. The topological polar surface area (TPSA) is 18.5 Å². The number of anilines is 1. The summed E-state index contributed by atoms with van der Waals surface area (Å²) in [5, 5.41) is 4.35. The van der Waals surface area contributed by atoms with E-state index in [1.54, 1.807) is 0 Å². The predicted molar refractivity (Wildman–Crippen MR) is 111 cm³/mol. The summed E-state index contributed by atoms with van der Waals surface area (Å²) in [5.74, 6) is 0. The number of hydrogen-bond acceptors (Lipinski definition) is 2. The summed E-state index contributed by atoms with van der Waals surface area (Å²) in [6.45, 7) is 6.44. The standard InChI is InChI=1S/C21H33N3S/c1-16-8-7-11-20(17(16)2)22-21(25)24-14-12-19(13-15-24)23(3)18-9-5-4-6-10-18/h7-8,11,18-19H,4-6,9-10,12-15H2,1-3H3,(H,22,25). The molecule has 1 aromatic rings. The molecule has 1 aromatic carbocycles. The van der Waals surface area contributed by atoms with Crippen molar-refractivity contribution >= 4 is 23.0 Å². The van der Waals surface area contributed by atoms with Gasteiger partial charge < -0.3 is 15.1 Å². The van der Waals surface area contributed by atoms with E-state index in [9.17, 15) is 0 Å². The monoisotopic (exact) mass is 359 g/mol. The Bertz CT molecular complexity index is 587. The van der Waals surface area contributed by atoms with E-state index in [4.69, 9.17) is 12.2 Å². The van der Waals surface area contributed by atoms with Gasteiger partial charge in [0.1, 0.15) is 0 Å². The van der Waals surface area contributed by atoms with Crippen molar-refractivity contribution in [3.63, 3.8) is 0 Å². The van der Waals surface area contributed by atoms with Crippen molar-refractivity contribution in [3.05, 3.63) is 29.3 Å². The molecule has 3 rings (SSSR count). The van der Waals surface area contributed by atoms with Crippen LogP contribution >= 0.6 is 12.2 Å². The van der Waals surface area contributed by atoms with E-state index >= 15 is 0 Å². The number of piperidine rings is 1. The molecule has 3 nitrogen and oxygen atoms in total. The van der Waals surface area contributed by atoms with Crippen LogP contribution < -0.4 is 5.32 Å². The average molecular weight is 360 g/mol. The predicted octanol–water partition coefficient (Wildman–Crippen LogP) is 4.73. The lowest BCUT2D eigenvalue weighted by Crippen LogP contribution is -2.49. The molecule has 0 radical (unpaired) electrons. The fraction of sp³-hybridized carbons (Fsp3) is 0.667. The number of thiocarbonyl (C=S) groups is 1. The average Bonchev–Trinajstić information content (AvgIpc) is 2.65. The van der Waals surface area contributed by atoms with Gasteiger partial charge in [0.2, 0.25) is 0 Å². The van der Waals surface area contributed by atoms with Crippen LogP contribution in [0.3, 0.4) is 0 Å². The van der Waals surface area contributed by atoms with Gasteiger partial charge in [-0.25, -0.2) is 0 Å². The summed E-state index contributed by atoms with van der Waals surface area (Å²) in [7, 11) is 2.35. The molecule has 1 saturated heterocycles. The van der Waals surface area contributed by atoms with Gasteiger partial charge in [0.25, 0.3) is 0 Å². The Morgan fingerprint density at radius 3 is 2.36 bits per heavy atom. The van der Waals surface area contributed by atoms with Crippen LogP contribution in [0.15, 0.2) is 18.2 Å². The van der Waals surface area contributed by atoms with Crippen molar-refractivity contribution in [1.82, 2.24) is 9.80 Å². The summed E-state index contributed by atoms with van der Waals surface area (Å²) in [6, 6.07) is 7.90. The van der Waals surface area contributed by atoms with Crippen LogP contribution in [0.4, 0.5) is 5.69 Å². The molecular weight excluding hydrogens is 326 g/mol. The molecule has 0 bridgehead atoms. The maximum Gasteiger partial charge on any atom is 0.173 e. The van der Waals surface area contributed by atoms with Crippen molar-refractivity contribution < 1.29 is 0 Å². The van der Waals surface area contributed by atoms with Crippen LogP contribution in [-0.4, -0.2) is 47.1 Å². The van der Waals surface area contributed by atoms with Crippen LogP contribution in [0.2, 0.25) is 0 Å². The van der Waals surface area contributed by atoms with E-state index < -0.39 is 0 Å². The molecule has 0 amide bonds. The zero-order valence-electron chi connectivity index (χ0n) is 16.1. The minimum Gasteiger partial charge on any atom is -0.349 e. The molecule has 2 fully saturated rings. The Kier molecular flexibility index (Phi) is 6.34. The Balaban J connectivity index is 1.51. The molecule has 25 heavy (non-hydrogen) atoms. The van der Waals surface area contributed by atoms with Gasteiger partial charge in [-0.2, -0.15) is 0 Å². The lowest BCUT2D eigenvalue weighted by molar-refractivity contribution is 0.0985. The summed E-state index contributed by atoms with van der Waals surface area (Å²) in [6.07, 6.45) is 9.49. The highest BCUT2D eigenvalue weighted by atomic mass is 32.1. The normalized spacial score (nSPS) is 20.1. The Hall–Kier alpha value is -1.13. The van der Waals surface area contributed by atoms with Gasteiger partial charge in [-0.15, -0.1) is 0 Å². The van der Waals surface area contributed by atoms with Crippen LogP contribution in [0, 0.1) is 13.8 Å². The van der Waals surface area contributed by atoms with E-state index in [-0.39, 0.29) is 0 Å². The summed E-state index contributed by atoms with van der Waals surface area (Å²) < 4.78 is 0. The van der Waals surface area contributed by atoms with Crippen molar-refractivity contribution in [1.29, 1.82) is 0 Å². The summed E-state index contributed by atoms with van der Waals surface area (Å²) in [4.78, 5) is 5.03. The summed E-state index contributed by atoms with van der Waals surface area (Å²) in [5.41, 5.74) is 3.74. The first-order valence-corrected chi connectivity index (χ1v) is 10.3. The zero-order chi connectivity index (χ0) is 17.8. The second kappa shape index (κ2) is 8.50. The van der Waals surface area contributed by atoms with Crippen LogP contribution in [0.1, 0.15) is 56.1 Å². The number of benzene rings is 1. The van der Waals surface area contributed by atoms with Gasteiger partial charge in [-0.3, -0.25) is 0 Å². The first-order valence-electron chi connectivity index (χ1n) is 9.90. The maximum absolute atomic E-state index is 5.69. The third-order valence-electron chi connectivity index (χ3n) is 6.32. The van der Waals surface area contributed by atoms with Crippen LogP contribution in [0.25, 0.3) is 0 Å². The number of hydrogen-bond donors (Lipinski definition) is 1. The first kappa shape index (κ1) is 18.7.